The highest BCUT2D eigenvalue weighted by Crippen LogP contribution is 2.13. The van der Waals surface area contributed by atoms with E-state index in [0.29, 0.717) is 24.3 Å². The van der Waals surface area contributed by atoms with Crippen molar-refractivity contribution in [1.82, 2.24) is 15.5 Å². The molecule has 0 aliphatic rings. The van der Waals surface area contributed by atoms with E-state index >= 15 is 0 Å². The van der Waals surface area contributed by atoms with Crippen molar-refractivity contribution in [3.8, 4) is 0 Å². The van der Waals surface area contributed by atoms with Crippen molar-refractivity contribution in [3.63, 3.8) is 0 Å². The van der Waals surface area contributed by atoms with Crippen molar-refractivity contribution in [3.05, 3.63) is 47.1 Å². The average Bonchev–Trinajstić information content (AvgIpc) is 2.87. The third-order valence-electron chi connectivity index (χ3n) is 3.51. The van der Waals surface area contributed by atoms with E-state index in [4.69, 9.17) is 4.52 Å². The minimum absolute atomic E-state index is 0.353. The van der Waals surface area contributed by atoms with Crippen LogP contribution < -0.4 is 5.32 Å². The summed E-state index contributed by atoms with van der Waals surface area (Å²) in [6, 6.07) is 9.03. The van der Waals surface area contributed by atoms with Gasteiger partial charge in [0, 0.05) is 12.5 Å². The van der Waals surface area contributed by atoms with Crippen LogP contribution in [0.25, 0.3) is 0 Å². The summed E-state index contributed by atoms with van der Waals surface area (Å²) in [6.07, 6.45) is 2.60. The summed E-state index contributed by atoms with van der Waals surface area (Å²) < 4.78 is 5.32. The van der Waals surface area contributed by atoms with Gasteiger partial charge < -0.3 is 9.84 Å². The molecule has 1 N–H and O–H groups in total. The lowest BCUT2D eigenvalue weighted by atomic mass is 10.0. The molecule has 0 radical (unpaired) electrons. The van der Waals surface area contributed by atoms with Gasteiger partial charge in [-0.1, -0.05) is 43.3 Å². The quantitative estimate of drug-likeness (QED) is 0.850. The van der Waals surface area contributed by atoms with Crippen molar-refractivity contribution in [1.29, 1.82) is 0 Å². The molecule has 0 saturated heterocycles. The minimum atomic E-state index is 0.353. The Hall–Kier alpha value is -1.68. The molecule has 0 amide bonds. The lowest BCUT2D eigenvalue weighted by molar-refractivity contribution is 0.377. The highest BCUT2D eigenvalue weighted by atomic mass is 16.5. The van der Waals surface area contributed by atoms with E-state index in [0.717, 1.165) is 18.7 Å². The first-order valence-corrected chi connectivity index (χ1v) is 7.63. The molecule has 21 heavy (non-hydrogen) atoms. The van der Waals surface area contributed by atoms with Gasteiger partial charge in [0.25, 0.3) is 0 Å². The lowest BCUT2D eigenvalue weighted by Crippen LogP contribution is -2.24. The summed E-state index contributed by atoms with van der Waals surface area (Å²) in [5.74, 6) is 2.14. The fourth-order valence-corrected chi connectivity index (χ4v) is 2.26. The fraction of sp³-hybridized carbons (Fsp3) is 0.529. The lowest BCUT2D eigenvalue weighted by Gasteiger charge is -2.05. The standard InChI is InChI=1S/C17H25N3O/c1-12(2)9-14-5-7-15(8-6-14)11-17-19-16(20-21-17)10-13(3)18-4/h5-8,12-13,18H,9-11H2,1-4H3. The van der Waals surface area contributed by atoms with Crippen LogP contribution in [0.15, 0.2) is 28.8 Å². The molecular weight excluding hydrogens is 262 g/mol. The maximum absolute atomic E-state index is 5.32. The molecule has 4 heteroatoms. The van der Waals surface area contributed by atoms with Gasteiger partial charge in [-0.15, -0.1) is 0 Å². The molecule has 1 unspecified atom stereocenters. The molecule has 2 aromatic rings. The monoisotopic (exact) mass is 287 g/mol. The van der Waals surface area contributed by atoms with Gasteiger partial charge in [-0.2, -0.15) is 4.98 Å². The number of hydrogen-bond donors (Lipinski definition) is 1. The van der Waals surface area contributed by atoms with Crippen LogP contribution in [-0.4, -0.2) is 23.2 Å². The van der Waals surface area contributed by atoms with Crippen molar-refractivity contribution in [2.24, 2.45) is 5.92 Å². The normalized spacial score (nSPS) is 12.8. The molecular formula is C17H25N3O. The first-order valence-electron chi connectivity index (χ1n) is 7.63. The van der Waals surface area contributed by atoms with Crippen molar-refractivity contribution in [2.45, 2.75) is 46.1 Å². The zero-order valence-corrected chi connectivity index (χ0v) is 13.4. The Labute approximate surface area is 127 Å². The zero-order chi connectivity index (χ0) is 15.2. The van der Waals surface area contributed by atoms with Crippen LogP contribution in [0.4, 0.5) is 0 Å². The number of aromatic nitrogens is 2. The predicted molar refractivity (Wildman–Crippen MR) is 84.3 cm³/mol. The highest BCUT2D eigenvalue weighted by Gasteiger charge is 2.10. The van der Waals surface area contributed by atoms with Crippen LogP contribution in [0.3, 0.4) is 0 Å². The number of likely N-dealkylation sites (N-methyl/N-ethyl adjacent to an activating group) is 1. The van der Waals surface area contributed by atoms with Gasteiger partial charge in [-0.3, -0.25) is 0 Å². The highest BCUT2D eigenvalue weighted by molar-refractivity contribution is 5.24. The average molecular weight is 287 g/mol. The van der Waals surface area contributed by atoms with Crippen LogP contribution in [0.1, 0.15) is 43.6 Å². The predicted octanol–water partition coefficient (Wildman–Crippen LogP) is 3.01. The Balaban J connectivity index is 1.95. The molecule has 4 nitrogen and oxygen atoms in total. The topological polar surface area (TPSA) is 51.0 Å². The molecule has 0 fully saturated rings. The Morgan fingerprint density at radius 2 is 1.71 bits per heavy atom. The van der Waals surface area contributed by atoms with Gasteiger partial charge in [0.2, 0.25) is 5.89 Å². The summed E-state index contributed by atoms with van der Waals surface area (Å²) in [4.78, 5) is 4.45. The van der Waals surface area contributed by atoms with E-state index in [-0.39, 0.29) is 0 Å². The molecule has 1 atom stereocenters. The molecule has 0 bridgehead atoms. The fourth-order valence-electron chi connectivity index (χ4n) is 2.26. The van der Waals surface area contributed by atoms with Crippen LogP contribution in [-0.2, 0) is 19.3 Å². The van der Waals surface area contributed by atoms with Crippen molar-refractivity contribution >= 4 is 0 Å². The molecule has 1 aromatic carbocycles. The van der Waals surface area contributed by atoms with Gasteiger partial charge in [0.05, 0.1) is 6.42 Å². The maximum atomic E-state index is 5.32. The second-order valence-electron chi connectivity index (χ2n) is 6.09. The summed E-state index contributed by atoms with van der Waals surface area (Å²) >= 11 is 0. The third-order valence-corrected chi connectivity index (χ3v) is 3.51. The van der Waals surface area contributed by atoms with Gasteiger partial charge in [0.1, 0.15) is 0 Å². The molecule has 0 saturated carbocycles. The number of rotatable bonds is 7. The summed E-state index contributed by atoms with van der Waals surface area (Å²) in [6.45, 7) is 6.57. The van der Waals surface area contributed by atoms with Crippen molar-refractivity contribution < 1.29 is 4.52 Å². The van der Waals surface area contributed by atoms with E-state index in [1.807, 2.05) is 7.05 Å². The van der Waals surface area contributed by atoms with Crippen molar-refractivity contribution in [2.75, 3.05) is 7.05 Å². The van der Waals surface area contributed by atoms with E-state index in [1.54, 1.807) is 0 Å². The number of nitrogens with one attached hydrogen (secondary N) is 1. The van der Waals surface area contributed by atoms with Gasteiger partial charge >= 0.3 is 0 Å². The maximum Gasteiger partial charge on any atom is 0.231 e. The summed E-state index contributed by atoms with van der Waals surface area (Å²) in [5, 5.41) is 7.20. The molecule has 1 heterocycles. The van der Waals surface area contributed by atoms with E-state index in [9.17, 15) is 0 Å². The second-order valence-corrected chi connectivity index (χ2v) is 6.09. The van der Waals surface area contributed by atoms with E-state index < -0.39 is 0 Å². The van der Waals surface area contributed by atoms with Crippen LogP contribution in [0.5, 0.6) is 0 Å². The first-order chi connectivity index (χ1) is 10.1. The second kappa shape index (κ2) is 7.36. The SMILES string of the molecule is CNC(C)Cc1noc(Cc2ccc(CC(C)C)cc2)n1. The van der Waals surface area contributed by atoms with E-state index in [1.165, 1.54) is 11.1 Å². The van der Waals surface area contributed by atoms with Gasteiger partial charge in [-0.25, -0.2) is 0 Å². The number of benzene rings is 1. The van der Waals surface area contributed by atoms with Gasteiger partial charge in [0.15, 0.2) is 5.82 Å². The number of nitrogens with zero attached hydrogens (tertiary/aromatic N) is 2. The molecule has 1 aromatic heterocycles. The molecule has 0 aliphatic carbocycles. The molecule has 2 rings (SSSR count). The molecule has 0 spiro atoms. The summed E-state index contributed by atoms with van der Waals surface area (Å²) in [7, 11) is 1.93. The van der Waals surface area contributed by atoms with E-state index in [2.05, 4.69) is 60.5 Å². The molecule has 114 valence electrons. The van der Waals surface area contributed by atoms with Crippen LogP contribution in [0, 0.1) is 5.92 Å². The smallest absolute Gasteiger partial charge is 0.231 e. The first kappa shape index (κ1) is 15.7. The van der Waals surface area contributed by atoms with Gasteiger partial charge in [-0.05, 0) is 37.4 Å². The van der Waals surface area contributed by atoms with Crippen LogP contribution >= 0.6 is 0 Å². The Morgan fingerprint density at radius 3 is 2.33 bits per heavy atom. The Bertz CT molecular complexity index is 545. The zero-order valence-electron chi connectivity index (χ0n) is 13.4. The minimum Gasteiger partial charge on any atom is -0.339 e. The molecule has 0 aliphatic heterocycles. The largest absolute Gasteiger partial charge is 0.339 e. The third kappa shape index (κ3) is 4.97. The summed E-state index contributed by atoms with van der Waals surface area (Å²) in [5.41, 5.74) is 2.59. The number of hydrogen-bond acceptors (Lipinski definition) is 4. The van der Waals surface area contributed by atoms with Crippen LogP contribution in [0.2, 0.25) is 0 Å². The Morgan fingerprint density at radius 1 is 1.05 bits per heavy atom. The Kier molecular flexibility index (Phi) is 5.51.